The maximum absolute atomic E-state index is 13.3. The molecule has 0 amide bonds. The zero-order chi connectivity index (χ0) is 18.2. The summed E-state index contributed by atoms with van der Waals surface area (Å²) in [6.45, 7) is 4.56. The number of hydrogen-bond acceptors (Lipinski definition) is 4. The number of ketones is 1. The molecule has 0 fully saturated rings. The Morgan fingerprint density at radius 3 is 1.70 bits per heavy atom. The Morgan fingerprint density at radius 1 is 0.913 bits per heavy atom. The molecule has 23 heavy (non-hydrogen) atoms. The molecule has 0 spiro atoms. The maximum Gasteiger partial charge on any atom is 0.309 e. The third-order valence-corrected chi connectivity index (χ3v) is 3.92. The Kier molecular flexibility index (Phi) is 5.40. The van der Waals surface area contributed by atoms with Gasteiger partial charge in [-0.2, -0.15) is 17.2 Å². The van der Waals surface area contributed by atoms with Crippen molar-refractivity contribution >= 4 is 15.9 Å². The van der Waals surface area contributed by atoms with E-state index in [4.69, 9.17) is 0 Å². The van der Waals surface area contributed by atoms with E-state index < -0.39 is 68.3 Å². The quantitative estimate of drug-likeness (QED) is 0.350. The minimum atomic E-state index is -4.74. The van der Waals surface area contributed by atoms with Crippen LogP contribution >= 0.6 is 0 Å². The molecule has 0 saturated carbocycles. The molecule has 1 aromatic rings. The van der Waals surface area contributed by atoms with E-state index in [1.165, 1.54) is 20.8 Å². The van der Waals surface area contributed by atoms with Gasteiger partial charge in [0.25, 0.3) is 0 Å². The lowest BCUT2D eigenvalue weighted by molar-refractivity contribution is -0.125. The highest BCUT2D eigenvalue weighted by Gasteiger charge is 2.31. The molecule has 1 rings (SSSR count). The lowest BCUT2D eigenvalue weighted by Crippen LogP contribution is -2.25. The topological polar surface area (TPSA) is 60.4 Å². The van der Waals surface area contributed by atoms with E-state index in [-0.39, 0.29) is 0 Å². The van der Waals surface area contributed by atoms with Crippen molar-refractivity contribution in [1.29, 1.82) is 0 Å². The van der Waals surface area contributed by atoms with Crippen LogP contribution in [0.3, 0.4) is 0 Å². The molecule has 0 aliphatic carbocycles. The van der Waals surface area contributed by atoms with Crippen molar-refractivity contribution in [3.8, 4) is 5.75 Å². The van der Waals surface area contributed by atoms with Gasteiger partial charge in [0.1, 0.15) is 5.78 Å². The van der Waals surface area contributed by atoms with Crippen LogP contribution in [0, 0.1) is 34.5 Å². The molecule has 4 nitrogen and oxygen atoms in total. The van der Waals surface area contributed by atoms with Crippen LogP contribution < -0.4 is 4.18 Å². The second-order valence-electron chi connectivity index (χ2n) is 5.67. The average Bonchev–Trinajstić information content (AvgIpc) is 2.44. The number of halogens is 5. The highest BCUT2D eigenvalue weighted by molar-refractivity contribution is 7.87. The van der Waals surface area contributed by atoms with Gasteiger partial charge in [0.05, 0.1) is 5.75 Å². The molecule has 0 N–H and O–H groups in total. The van der Waals surface area contributed by atoms with Gasteiger partial charge in [0.2, 0.25) is 34.8 Å². The fraction of sp³-hybridized carbons (Fsp3) is 0.462. The minimum absolute atomic E-state index is 0.484. The zero-order valence-electron chi connectivity index (χ0n) is 12.3. The first-order valence-electron chi connectivity index (χ1n) is 6.25. The normalized spacial score (nSPS) is 12.3. The summed E-state index contributed by atoms with van der Waals surface area (Å²) in [7, 11) is -4.74. The first kappa shape index (κ1) is 19.3. The summed E-state index contributed by atoms with van der Waals surface area (Å²) in [6.07, 6.45) is -0.540. The summed E-state index contributed by atoms with van der Waals surface area (Å²) >= 11 is 0. The first-order chi connectivity index (χ1) is 10.3. The fourth-order valence-corrected chi connectivity index (χ4v) is 2.34. The second kappa shape index (κ2) is 6.42. The van der Waals surface area contributed by atoms with Gasteiger partial charge in [0, 0.05) is 11.8 Å². The molecule has 1 aromatic carbocycles. The monoisotopic (exact) mass is 360 g/mol. The van der Waals surface area contributed by atoms with Gasteiger partial charge >= 0.3 is 10.1 Å². The number of hydrogen-bond donors (Lipinski definition) is 0. The van der Waals surface area contributed by atoms with Crippen LogP contribution in [0.2, 0.25) is 0 Å². The predicted octanol–water partition coefficient (Wildman–Crippen LogP) is 3.10. The zero-order valence-corrected chi connectivity index (χ0v) is 13.2. The van der Waals surface area contributed by atoms with E-state index in [0.29, 0.717) is 0 Å². The largest absolute Gasteiger partial charge is 0.376 e. The Morgan fingerprint density at radius 2 is 1.30 bits per heavy atom. The molecule has 0 bridgehead atoms. The van der Waals surface area contributed by atoms with Gasteiger partial charge in [0.15, 0.2) is 0 Å². The van der Waals surface area contributed by atoms with E-state index in [1.54, 1.807) is 0 Å². The molecule has 0 aromatic heterocycles. The molecule has 0 atom stereocenters. The summed E-state index contributed by atoms with van der Waals surface area (Å²) in [5, 5.41) is 0. The molecule has 0 radical (unpaired) electrons. The van der Waals surface area contributed by atoms with Crippen molar-refractivity contribution in [3.63, 3.8) is 0 Å². The molecule has 0 unspecified atom stereocenters. The SMILES string of the molecule is CC(C)(C)C(=O)CCS(=O)(=O)Oc1c(F)c(F)c(F)c(F)c1F. The van der Waals surface area contributed by atoms with Crippen LogP contribution in [-0.4, -0.2) is 20.0 Å². The van der Waals surface area contributed by atoms with Crippen LogP contribution in [0.5, 0.6) is 5.75 Å². The molecule has 0 aliphatic rings. The van der Waals surface area contributed by atoms with Crippen LogP contribution in [-0.2, 0) is 14.9 Å². The van der Waals surface area contributed by atoms with Crippen molar-refractivity contribution < 1.29 is 39.3 Å². The number of carbonyl (C=O) groups excluding carboxylic acids is 1. The van der Waals surface area contributed by atoms with Crippen molar-refractivity contribution in [2.24, 2.45) is 5.41 Å². The third-order valence-electron chi connectivity index (χ3n) is 2.80. The molecule has 0 heterocycles. The van der Waals surface area contributed by atoms with Gasteiger partial charge in [-0.3, -0.25) is 4.79 Å². The fourth-order valence-electron chi connectivity index (χ4n) is 1.42. The number of Topliss-reactive ketones (excluding diaryl/α,β-unsaturated/α-hetero) is 1. The first-order valence-corrected chi connectivity index (χ1v) is 7.82. The van der Waals surface area contributed by atoms with E-state index in [1.807, 2.05) is 0 Å². The predicted molar refractivity (Wildman–Crippen MR) is 69.7 cm³/mol. The molecular weight excluding hydrogens is 347 g/mol. The van der Waals surface area contributed by atoms with Crippen molar-refractivity contribution in [2.45, 2.75) is 27.2 Å². The van der Waals surface area contributed by atoms with E-state index in [2.05, 4.69) is 4.18 Å². The van der Waals surface area contributed by atoms with Gasteiger partial charge < -0.3 is 4.18 Å². The maximum atomic E-state index is 13.3. The standard InChI is InChI=1S/C13H13F5O4S/c1-13(2,3)6(19)4-5-23(20,21)22-12-10(17)8(15)7(14)9(16)11(12)18/h4-5H2,1-3H3. The second-order valence-corrected chi connectivity index (χ2v) is 7.36. The van der Waals surface area contributed by atoms with E-state index in [9.17, 15) is 35.2 Å². The molecule has 10 heteroatoms. The van der Waals surface area contributed by atoms with Gasteiger partial charge in [-0.15, -0.1) is 0 Å². The summed E-state index contributed by atoms with van der Waals surface area (Å²) in [4.78, 5) is 11.6. The Bertz CT molecular complexity index is 709. The van der Waals surface area contributed by atoms with Crippen LogP contribution in [0.25, 0.3) is 0 Å². The van der Waals surface area contributed by atoms with E-state index in [0.717, 1.165) is 0 Å². The number of rotatable bonds is 5. The summed E-state index contributed by atoms with van der Waals surface area (Å²) in [6, 6.07) is 0. The Labute approximate surface area is 129 Å². The molecule has 0 aliphatic heterocycles. The van der Waals surface area contributed by atoms with E-state index >= 15 is 0 Å². The molecular formula is C13H13F5O4S. The van der Waals surface area contributed by atoms with Gasteiger partial charge in [-0.25, -0.2) is 13.2 Å². The van der Waals surface area contributed by atoms with Gasteiger partial charge in [-0.05, 0) is 0 Å². The summed E-state index contributed by atoms with van der Waals surface area (Å²) in [5.41, 5.74) is -0.861. The number of carbonyl (C=O) groups is 1. The summed E-state index contributed by atoms with van der Waals surface area (Å²) < 4.78 is 92.6. The third kappa shape index (κ3) is 4.40. The highest BCUT2D eigenvalue weighted by Crippen LogP contribution is 2.30. The molecule has 130 valence electrons. The van der Waals surface area contributed by atoms with Crippen LogP contribution in [0.1, 0.15) is 27.2 Å². The average molecular weight is 360 g/mol. The van der Waals surface area contributed by atoms with Crippen LogP contribution in [0.15, 0.2) is 0 Å². The highest BCUT2D eigenvalue weighted by atomic mass is 32.2. The lowest BCUT2D eigenvalue weighted by Gasteiger charge is -2.16. The summed E-state index contributed by atoms with van der Waals surface area (Å²) in [5.74, 6) is -15.3. The lowest BCUT2D eigenvalue weighted by atomic mass is 9.89. The van der Waals surface area contributed by atoms with Crippen molar-refractivity contribution in [2.75, 3.05) is 5.75 Å². The Hall–Kier alpha value is -1.71. The van der Waals surface area contributed by atoms with Crippen molar-refractivity contribution in [3.05, 3.63) is 29.1 Å². The van der Waals surface area contributed by atoms with Crippen molar-refractivity contribution in [1.82, 2.24) is 0 Å². The number of benzene rings is 1. The Balaban J connectivity index is 3.06. The van der Waals surface area contributed by atoms with Crippen LogP contribution in [0.4, 0.5) is 22.0 Å². The minimum Gasteiger partial charge on any atom is -0.376 e. The smallest absolute Gasteiger partial charge is 0.309 e. The molecule has 0 saturated heterocycles. The van der Waals surface area contributed by atoms with Gasteiger partial charge in [-0.1, -0.05) is 20.8 Å².